The van der Waals surface area contributed by atoms with Gasteiger partial charge in [-0.25, -0.2) is 13.2 Å². The number of sulfonamides is 1. The summed E-state index contributed by atoms with van der Waals surface area (Å²) in [5, 5.41) is 9.06. The molecule has 0 aliphatic heterocycles. The fourth-order valence-corrected chi connectivity index (χ4v) is 3.95. The van der Waals surface area contributed by atoms with Crippen LogP contribution in [0.15, 0.2) is 21.1 Å². The van der Waals surface area contributed by atoms with Crippen molar-refractivity contribution >= 4 is 53.5 Å². The average molecular weight is 401 g/mol. The summed E-state index contributed by atoms with van der Waals surface area (Å²) in [6.07, 6.45) is 0.450. The number of rotatable bonds is 5. The van der Waals surface area contributed by atoms with Crippen LogP contribution in [0.5, 0.6) is 0 Å². The molecule has 0 saturated heterocycles. The Balaban J connectivity index is 3.28. The Hall–Kier alpha value is -0.600. The summed E-state index contributed by atoms with van der Waals surface area (Å²) in [6, 6.07) is 2.92. The van der Waals surface area contributed by atoms with Gasteiger partial charge in [0.15, 0.2) is 0 Å². The maximum atomic E-state index is 11.7. The number of nitrogens with one attached hydrogen (secondary N) is 1. The molecular weight excluding hydrogens is 390 g/mol. The highest BCUT2D eigenvalue weighted by atomic mass is 79.9. The van der Waals surface area contributed by atoms with Crippen LogP contribution in [0.25, 0.3) is 0 Å². The van der Waals surface area contributed by atoms with Crippen molar-refractivity contribution in [1.29, 1.82) is 0 Å². The van der Waals surface area contributed by atoms with Crippen molar-refractivity contribution in [3.05, 3.63) is 26.6 Å². The lowest BCUT2D eigenvalue weighted by molar-refractivity contribution is 0.0698. The second kappa shape index (κ2) is 6.03. The van der Waals surface area contributed by atoms with Crippen LogP contribution >= 0.6 is 31.9 Å². The summed E-state index contributed by atoms with van der Waals surface area (Å²) in [6.45, 7) is 1.73. The molecule has 0 atom stereocenters. The number of carbonyl (C=O) groups is 1. The Kier molecular flexibility index (Phi) is 5.18. The number of carboxylic acid groups (broad SMARTS) is 1. The molecule has 0 unspecified atom stereocenters. The minimum Gasteiger partial charge on any atom is -0.478 e. The second-order valence-electron chi connectivity index (χ2n) is 3.54. The van der Waals surface area contributed by atoms with Gasteiger partial charge in [0.05, 0.1) is 17.0 Å². The molecule has 0 spiro atoms. The van der Waals surface area contributed by atoms with Crippen LogP contribution in [0, 0.1) is 0 Å². The maximum absolute atomic E-state index is 11.7. The molecule has 0 heterocycles. The maximum Gasteiger partial charge on any atom is 0.337 e. The van der Waals surface area contributed by atoms with E-state index in [4.69, 9.17) is 5.11 Å². The van der Waals surface area contributed by atoms with E-state index in [1.54, 1.807) is 13.0 Å². The predicted molar refractivity (Wildman–Crippen MR) is 76.5 cm³/mol. The fraction of sp³-hybridized carbons (Fsp3) is 0.300. The first-order valence-electron chi connectivity index (χ1n) is 4.99. The van der Waals surface area contributed by atoms with Crippen LogP contribution in [0.2, 0.25) is 0 Å². The molecule has 0 amide bonds. The van der Waals surface area contributed by atoms with E-state index in [-0.39, 0.29) is 17.0 Å². The molecule has 0 aliphatic carbocycles. The van der Waals surface area contributed by atoms with E-state index in [0.29, 0.717) is 15.4 Å². The van der Waals surface area contributed by atoms with Crippen LogP contribution in [0.4, 0.5) is 5.69 Å². The number of hydrogen-bond acceptors (Lipinski definition) is 3. The van der Waals surface area contributed by atoms with E-state index in [1.165, 1.54) is 6.07 Å². The number of benzene rings is 1. The van der Waals surface area contributed by atoms with Crippen molar-refractivity contribution in [3.8, 4) is 0 Å². The summed E-state index contributed by atoms with van der Waals surface area (Å²) in [4.78, 5) is 11.1. The van der Waals surface area contributed by atoms with E-state index < -0.39 is 16.0 Å². The van der Waals surface area contributed by atoms with Crippen molar-refractivity contribution in [2.75, 3.05) is 10.5 Å². The molecule has 0 aromatic heterocycles. The molecule has 0 saturated carbocycles. The lowest BCUT2D eigenvalue weighted by Gasteiger charge is -2.12. The molecule has 0 bridgehead atoms. The number of hydrogen-bond donors (Lipinski definition) is 2. The van der Waals surface area contributed by atoms with Crippen molar-refractivity contribution in [1.82, 2.24) is 0 Å². The van der Waals surface area contributed by atoms with E-state index in [9.17, 15) is 13.2 Å². The monoisotopic (exact) mass is 399 g/mol. The minimum absolute atomic E-state index is 0.0409. The molecule has 100 valence electrons. The Bertz CT molecular complexity index is 571. The van der Waals surface area contributed by atoms with Crippen molar-refractivity contribution < 1.29 is 18.3 Å². The van der Waals surface area contributed by atoms with Gasteiger partial charge in [-0.15, -0.1) is 0 Å². The van der Waals surface area contributed by atoms with Gasteiger partial charge in [0.25, 0.3) is 0 Å². The Morgan fingerprint density at radius 2 is 2.00 bits per heavy atom. The quantitative estimate of drug-likeness (QED) is 0.795. The first kappa shape index (κ1) is 15.5. The third-order valence-corrected chi connectivity index (χ3v) is 4.56. The van der Waals surface area contributed by atoms with Gasteiger partial charge in [-0.05, 0) is 34.5 Å². The number of halogens is 2. The summed E-state index contributed by atoms with van der Waals surface area (Å²) in [7, 11) is -3.53. The summed E-state index contributed by atoms with van der Waals surface area (Å²) in [5.41, 5.74) is -0.0740. The van der Waals surface area contributed by atoms with Crippen molar-refractivity contribution in [2.45, 2.75) is 13.3 Å². The lowest BCUT2D eigenvalue weighted by Crippen LogP contribution is -2.18. The van der Waals surface area contributed by atoms with Crippen LogP contribution in [-0.4, -0.2) is 25.2 Å². The van der Waals surface area contributed by atoms with Crippen LogP contribution < -0.4 is 4.72 Å². The highest BCUT2D eigenvalue weighted by molar-refractivity contribution is 9.11. The highest BCUT2D eigenvalue weighted by Gasteiger charge is 2.19. The molecule has 1 aromatic rings. The molecular formula is C10H11Br2NO4S. The third-order valence-electron chi connectivity index (χ3n) is 2.02. The molecule has 1 aromatic carbocycles. The second-order valence-corrected chi connectivity index (χ2v) is 7.15. The molecule has 2 N–H and O–H groups in total. The molecule has 18 heavy (non-hydrogen) atoms. The molecule has 1 rings (SSSR count). The van der Waals surface area contributed by atoms with E-state index in [2.05, 4.69) is 36.6 Å². The minimum atomic E-state index is -3.53. The van der Waals surface area contributed by atoms with Crippen molar-refractivity contribution in [2.24, 2.45) is 0 Å². The van der Waals surface area contributed by atoms with Gasteiger partial charge >= 0.3 is 5.97 Å². The number of anilines is 1. The lowest BCUT2D eigenvalue weighted by atomic mass is 10.2. The SMILES string of the molecule is CCCS(=O)(=O)Nc1c(Br)cc(Br)cc1C(=O)O. The number of carboxylic acids is 1. The zero-order valence-corrected chi connectivity index (χ0v) is 13.4. The Morgan fingerprint density at radius 1 is 1.39 bits per heavy atom. The fourth-order valence-electron chi connectivity index (χ4n) is 1.32. The molecule has 0 aliphatic rings. The van der Waals surface area contributed by atoms with Gasteiger partial charge in [0, 0.05) is 8.95 Å². The largest absolute Gasteiger partial charge is 0.478 e. The van der Waals surface area contributed by atoms with Gasteiger partial charge in [-0.2, -0.15) is 0 Å². The first-order valence-corrected chi connectivity index (χ1v) is 8.23. The predicted octanol–water partition coefficient (Wildman–Crippen LogP) is 3.06. The smallest absolute Gasteiger partial charge is 0.337 e. The standard InChI is InChI=1S/C10H11Br2NO4S/c1-2-3-18(16,17)13-9-7(10(14)15)4-6(11)5-8(9)12/h4-5,13H,2-3H2,1H3,(H,14,15). The molecule has 0 radical (unpaired) electrons. The van der Waals surface area contributed by atoms with Crippen molar-refractivity contribution in [3.63, 3.8) is 0 Å². The van der Waals surface area contributed by atoms with Crippen LogP contribution in [0.1, 0.15) is 23.7 Å². The third kappa shape index (κ3) is 3.96. The zero-order chi connectivity index (χ0) is 13.9. The van der Waals surface area contributed by atoms with Gasteiger partial charge in [-0.1, -0.05) is 22.9 Å². The van der Waals surface area contributed by atoms with Gasteiger partial charge < -0.3 is 5.11 Å². The summed E-state index contributed by atoms with van der Waals surface area (Å²) >= 11 is 6.31. The van der Waals surface area contributed by atoms with Gasteiger partial charge in [-0.3, -0.25) is 4.72 Å². The first-order chi connectivity index (χ1) is 8.26. The summed E-state index contributed by atoms with van der Waals surface area (Å²) < 4.78 is 26.6. The van der Waals surface area contributed by atoms with E-state index >= 15 is 0 Å². The number of aromatic carboxylic acids is 1. The normalized spacial score (nSPS) is 11.3. The summed E-state index contributed by atoms with van der Waals surface area (Å²) in [5.74, 6) is -1.26. The van der Waals surface area contributed by atoms with Gasteiger partial charge in [0.1, 0.15) is 0 Å². The van der Waals surface area contributed by atoms with Crippen LogP contribution in [0.3, 0.4) is 0 Å². The van der Waals surface area contributed by atoms with E-state index in [0.717, 1.165) is 0 Å². The molecule has 5 nitrogen and oxygen atoms in total. The van der Waals surface area contributed by atoms with Gasteiger partial charge in [0.2, 0.25) is 10.0 Å². The Labute approximate surface area is 122 Å². The molecule has 0 fully saturated rings. The Morgan fingerprint density at radius 3 is 2.50 bits per heavy atom. The zero-order valence-electron chi connectivity index (χ0n) is 9.41. The molecule has 8 heteroatoms. The highest BCUT2D eigenvalue weighted by Crippen LogP contribution is 2.31. The average Bonchev–Trinajstić information content (AvgIpc) is 2.21. The topological polar surface area (TPSA) is 83.5 Å². The van der Waals surface area contributed by atoms with Crippen LogP contribution in [-0.2, 0) is 10.0 Å². The van der Waals surface area contributed by atoms with E-state index in [1.807, 2.05) is 0 Å².